The molecule has 0 aliphatic rings. The third-order valence-corrected chi connectivity index (χ3v) is 3.75. The predicted octanol–water partition coefficient (Wildman–Crippen LogP) is 1.44. The van der Waals surface area contributed by atoms with E-state index in [1.54, 1.807) is 17.1 Å². The molecule has 0 aromatic carbocycles. The van der Waals surface area contributed by atoms with Gasteiger partial charge >= 0.3 is 0 Å². The van der Waals surface area contributed by atoms with Crippen LogP contribution in [0.5, 0.6) is 0 Å². The van der Waals surface area contributed by atoms with Crippen molar-refractivity contribution in [3.05, 3.63) is 31.1 Å². The number of nitrogens with two attached hydrogens (primary N) is 1. The number of hydrogen-bond donors (Lipinski definition) is 1. The van der Waals surface area contributed by atoms with Gasteiger partial charge in [-0.1, -0.05) is 30.8 Å². The van der Waals surface area contributed by atoms with Crippen molar-refractivity contribution < 1.29 is 4.79 Å². The van der Waals surface area contributed by atoms with E-state index in [9.17, 15) is 4.79 Å². The van der Waals surface area contributed by atoms with Gasteiger partial charge in [-0.05, 0) is 6.42 Å². The Hall–Kier alpha value is -1.60. The number of thioether (sulfide) groups is 1. The first-order valence-corrected chi connectivity index (χ1v) is 7.90. The molecule has 2 N–H and O–H groups in total. The molecule has 7 heteroatoms. The van der Waals surface area contributed by atoms with Crippen LogP contribution in [0.25, 0.3) is 0 Å². The van der Waals surface area contributed by atoms with E-state index in [4.69, 9.17) is 5.73 Å². The van der Waals surface area contributed by atoms with Gasteiger partial charge in [-0.25, -0.2) is 0 Å². The lowest BCUT2D eigenvalue weighted by Gasteiger charge is -2.18. The Kier molecular flexibility index (Phi) is 7.78. The van der Waals surface area contributed by atoms with Gasteiger partial charge in [0.25, 0.3) is 0 Å². The monoisotopic (exact) mass is 309 g/mol. The molecule has 0 unspecified atom stereocenters. The molecule has 116 valence electrons. The molecule has 0 aliphatic heterocycles. The van der Waals surface area contributed by atoms with Crippen molar-refractivity contribution in [2.45, 2.75) is 31.6 Å². The lowest BCUT2D eigenvalue weighted by molar-refractivity contribution is -0.127. The van der Waals surface area contributed by atoms with Crippen molar-refractivity contribution in [2.24, 2.45) is 5.73 Å². The van der Waals surface area contributed by atoms with E-state index in [0.717, 1.165) is 23.9 Å². The Morgan fingerprint density at radius 1 is 1.38 bits per heavy atom. The number of hydrogen-bond acceptors (Lipinski definition) is 5. The highest BCUT2D eigenvalue weighted by Gasteiger charge is 2.15. The van der Waals surface area contributed by atoms with Gasteiger partial charge < -0.3 is 15.2 Å². The van der Waals surface area contributed by atoms with Gasteiger partial charge in [-0.15, -0.1) is 23.4 Å². The van der Waals surface area contributed by atoms with Gasteiger partial charge in [-0.3, -0.25) is 4.79 Å². The van der Waals surface area contributed by atoms with Crippen LogP contribution in [0.4, 0.5) is 0 Å². The minimum absolute atomic E-state index is 0.0279. The van der Waals surface area contributed by atoms with Gasteiger partial charge in [0.15, 0.2) is 5.16 Å². The van der Waals surface area contributed by atoms with Crippen molar-refractivity contribution in [1.82, 2.24) is 19.7 Å². The fraction of sp³-hybridized carbons (Fsp3) is 0.500. The third-order valence-electron chi connectivity index (χ3n) is 2.80. The van der Waals surface area contributed by atoms with E-state index in [-0.39, 0.29) is 5.91 Å². The molecule has 1 heterocycles. The van der Waals surface area contributed by atoms with Crippen LogP contribution < -0.4 is 5.73 Å². The summed E-state index contributed by atoms with van der Waals surface area (Å²) in [7, 11) is 0. The standard InChI is InChI=1S/C14H23N5OS/c1-4-7-18(8-5-2)13(20)11-21-14-17-16-12(10-15)19(14)9-6-3/h4-5H,1-2,6-11,15H2,3H3. The molecular weight excluding hydrogens is 286 g/mol. The quantitative estimate of drug-likeness (QED) is 0.523. The van der Waals surface area contributed by atoms with E-state index in [1.807, 2.05) is 4.57 Å². The second kappa shape index (κ2) is 9.36. The largest absolute Gasteiger partial charge is 0.335 e. The molecule has 1 amide bonds. The predicted molar refractivity (Wildman–Crippen MR) is 85.9 cm³/mol. The molecule has 0 fully saturated rings. The summed E-state index contributed by atoms with van der Waals surface area (Å²) in [5.74, 6) is 1.09. The summed E-state index contributed by atoms with van der Waals surface area (Å²) in [6, 6.07) is 0. The molecule has 0 saturated heterocycles. The maximum absolute atomic E-state index is 12.2. The Bertz CT molecular complexity index is 476. The first kappa shape index (κ1) is 17.5. The maximum Gasteiger partial charge on any atom is 0.233 e. The topological polar surface area (TPSA) is 77.0 Å². The molecule has 1 aromatic heterocycles. The highest BCUT2D eigenvalue weighted by Crippen LogP contribution is 2.18. The molecule has 1 rings (SSSR count). The maximum atomic E-state index is 12.2. The van der Waals surface area contributed by atoms with Crippen LogP contribution in [-0.4, -0.2) is 44.4 Å². The summed E-state index contributed by atoms with van der Waals surface area (Å²) in [6.45, 7) is 11.6. The molecule has 0 atom stereocenters. The summed E-state index contributed by atoms with van der Waals surface area (Å²) in [5, 5.41) is 8.91. The molecule has 0 bridgehead atoms. The van der Waals surface area contributed by atoms with Crippen LogP contribution in [0.3, 0.4) is 0 Å². The number of carbonyl (C=O) groups is 1. The number of carbonyl (C=O) groups excluding carboxylic acids is 1. The fourth-order valence-electron chi connectivity index (χ4n) is 1.83. The molecular formula is C14H23N5OS. The molecule has 6 nitrogen and oxygen atoms in total. The van der Waals surface area contributed by atoms with Crippen molar-refractivity contribution in [3.63, 3.8) is 0 Å². The summed E-state index contributed by atoms with van der Waals surface area (Å²) in [4.78, 5) is 13.9. The SMILES string of the molecule is C=CCN(CC=C)C(=O)CSc1nnc(CN)n1CCC. The highest BCUT2D eigenvalue weighted by molar-refractivity contribution is 7.99. The molecule has 21 heavy (non-hydrogen) atoms. The van der Waals surface area contributed by atoms with E-state index in [1.165, 1.54) is 11.8 Å². The number of amides is 1. The lowest BCUT2D eigenvalue weighted by atomic mass is 10.4. The van der Waals surface area contributed by atoms with E-state index < -0.39 is 0 Å². The minimum Gasteiger partial charge on any atom is -0.335 e. The summed E-state index contributed by atoms with van der Waals surface area (Å²) in [6.07, 6.45) is 4.38. The summed E-state index contributed by atoms with van der Waals surface area (Å²) >= 11 is 1.39. The van der Waals surface area contributed by atoms with E-state index in [0.29, 0.717) is 25.4 Å². The van der Waals surface area contributed by atoms with Gasteiger partial charge in [0.1, 0.15) is 5.82 Å². The van der Waals surface area contributed by atoms with E-state index >= 15 is 0 Å². The zero-order chi connectivity index (χ0) is 15.7. The van der Waals surface area contributed by atoms with Gasteiger partial charge in [0, 0.05) is 19.6 Å². The van der Waals surface area contributed by atoms with Gasteiger partial charge in [0.2, 0.25) is 5.91 Å². The molecule has 0 aliphatic carbocycles. The number of rotatable bonds is 10. The minimum atomic E-state index is 0.0279. The Balaban J connectivity index is 2.69. The Morgan fingerprint density at radius 3 is 2.57 bits per heavy atom. The summed E-state index contributed by atoms with van der Waals surface area (Å²) in [5.41, 5.74) is 5.65. The Labute approximate surface area is 130 Å². The first-order chi connectivity index (χ1) is 10.2. The second-order valence-corrected chi connectivity index (χ2v) is 5.36. The van der Waals surface area contributed by atoms with Crippen LogP contribution in [-0.2, 0) is 17.9 Å². The molecule has 0 saturated carbocycles. The average molecular weight is 309 g/mol. The van der Waals surface area contributed by atoms with Crippen LogP contribution >= 0.6 is 11.8 Å². The van der Waals surface area contributed by atoms with Gasteiger partial charge in [-0.2, -0.15) is 0 Å². The Morgan fingerprint density at radius 2 is 2.05 bits per heavy atom. The van der Waals surface area contributed by atoms with Gasteiger partial charge in [0.05, 0.1) is 12.3 Å². The highest BCUT2D eigenvalue weighted by atomic mass is 32.2. The van der Waals surface area contributed by atoms with Crippen molar-refractivity contribution >= 4 is 17.7 Å². The average Bonchev–Trinajstić information content (AvgIpc) is 2.87. The fourth-order valence-corrected chi connectivity index (χ4v) is 2.72. The summed E-state index contributed by atoms with van der Waals surface area (Å²) < 4.78 is 1.98. The van der Waals surface area contributed by atoms with Crippen LogP contribution in [0, 0.1) is 0 Å². The normalized spacial score (nSPS) is 10.4. The van der Waals surface area contributed by atoms with E-state index in [2.05, 4.69) is 30.3 Å². The van der Waals surface area contributed by atoms with Crippen molar-refractivity contribution in [2.75, 3.05) is 18.8 Å². The zero-order valence-electron chi connectivity index (χ0n) is 12.5. The zero-order valence-corrected chi connectivity index (χ0v) is 13.3. The first-order valence-electron chi connectivity index (χ1n) is 6.92. The van der Waals surface area contributed by atoms with Crippen molar-refractivity contribution in [1.29, 1.82) is 0 Å². The molecule has 1 aromatic rings. The second-order valence-electron chi connectivity index (χ2n) is 4.42. The molecule has 0 radical (unpaired) electrons. The lowest BCUT2D eigenvalue weighted by Crippen LogP contribution is -2.32. The number of nitrogens with zero attached hydrogens (tertiary/aromatic N) is 4. The molecule has 0 spiro atoms. The van der Waals surface area contributed by atoms with Crippen molar-refractivity contribution in [3.8, 4) is 0 Å². The smallest absolute Gasteiger partial charge is 0.233 e. The number of aromatic nitrogens is 3. The van der Waals surface area contributed by atoms with Crippen LogP contribution in [0.15, 0.2) is 30.5 Å². The third kappa shape index (κ3) is 5.02. The van der Waals surface area contributed by atoms with Crippen LogP contribution in [0.1, 0.15) is 19.2 Å². The van der Waals surface area contributed by atoms with Crippen LogP contribution in [0.2, 0.25) is 0 Å².